The maximum Gasteiger partial charge on any atom is 0.153 e. The molecule has 0 unspecified atom stereocenters. The Hall–Kier alpha value is -1.42. The van der Waals surface area contributed by atoms with Gasteiger partial charge >= 0.3 is 0 Å². The van der Waals surface area contributed by atoms with E-state index in [4.69, 9.17) is 11.6 Å². The molecule has 0 amide bonds. The summed E-state index contributed by atoms with van der Waals surface area (Å²) < 4.78 is 0. The zero-order valence-electron chi connectivity index (χ0n) is 7.61. The lowest BCUT2D eigenvalue weighted by atomic mass is 9.99. The highest BCUT2D eigenvalue weighted by molar-refractivity contribution is 6.30. The highest BCUT2D eigenvalue weighted by Crippen LogP contribution is 2.23. The second-order valence-electron chi connectivity index (χ2n) is 3.14. The van der Waals surface area contributed by atoms with Crippen LogP contribution in [0.2, 0.25) is 5.15 Å². The molecule has 0 aromatic carbocycles. The molecular weight excluding hydrogens is 200 g/mol. The number of halogens is 1. The van der Waals surface area contributed by atoms with Crippen molar-refractivity contribution in [1.29, 1.82) is 0 Å². The fraction of sp³-hybridized carbons (Fsp3) is 0.222. The number of nitrogens with one attached hydrogen (secondary N) is 1. The first kappa shape index (κ1) is 9.15. The predicted molar refractivity (Wildman–Crippen MR) is 55.2 cm³/mol. The summed E-state index contributed by atoms with van der Waals surface area (Å²) in [6, 6.07) is 0. The maximum absolute atomic E-state index is 5.95. The monoisotopic (exact) mass is 208 g/mol. The van der Waals surface area contributed by atoms with Gasteiger partial charge in [0.25, 0.3) is 0 Å². The van der Waals surface area contributed by atoms with Crippen molar-refractivity contribution in [3.63, 3.8) is 0 Å². The smallest absolute Gasteiger partial charge is 0.153 e. The van der Waals surface area contributed by atoms with Gasteiger partial charge in [-0.15, -0.1) is 0 Å². The molecule has 14 heavy (non-hydrogen) atoms. The Labute approximate surface area is 86.7 Å². The summed E-state index contributed by atoms with van der Waals surface area (Å²) in [5.41, 5.74) is 0.204. The molecular formula is C9H9ClN4. The van der Waals surface area contributed by atoms with Crippen LogP contribution in [0.25, 0.3) is 0 Å². The summed E-state index contributed by atoms with van der Waals surface area (Å²) >= 11 is 5.95. The third-order valence-electron chi connectivity index (χ3n) is 2.02. The second kappa shape index (κ2) is 3.38. The van der Waals surface area contributed by atoms with E-state index in [2.05, 4.69) is 20.3 Å². The number of aromatic nitrogens is 2. The van der Waals surface area contributed by atoms with E-state index >= 15 is 0 Å². The van der Waals surface area contributed by atoms with E-state index in [0.717, 1.165) is 0 Å². The van der Waals surface area contributed by atoms with Crippen molar-refractivity contribution in [2.24, 2.45) is 4.99 Å². The lowest BCUT2D eigenvalue weighted by molar-refractivity contribution is 0.552. The molecule has 0 saturated carbocycles. The van der Waals surface area contributed by atoms with E-state index < -0.39 is 5.54 Å². The van der Waals surface area contributed by atoms with Crippen LogP contribution < -0.4 is 5.32 Å². The molecule has 5 heteroatoms. The molecule has 1 aliphatic heterocycles. The van der Waals surface area contributed by atoms with Crippen LogP contribution >= 0.6 is 11.6 Å². The zero-order valence-corrected chi connectivity index (χ0v) is 8.36. The van der Waals surface area contributed by atoms with Gasteiger partial charge in [-0.1, -0.05) is 11.6 Å². The van der Waals surface area contributed by atoms with Gasteiger partial charge in [0.1, 0.15) is 11.2 Å². The Bertz CT molecular complexity index is 402. The zero-order chi connectivity index (χ0) is 10.0. The third-order valence-corrected chi connectivity index (χ3v) is 2.30. The van der Waals surface area contributed by atoms with Crippen molar-refractivity contribution in [2.75, 3.05) is 0 Å². The Morgan fingerprint density at radius 1 is 1.36 bits per heavy atom. The third kappa shape index (κ3) is 1.48. The number of hydrogen-bond acceptors (Lipinski definition) is 4. The molecule has 2 heterocycles. The Morgan fingerprint density at radius 2 is 2.14 bits per heavy atom. The quantitative estimate of drug-likeness (QED) is 0.761. The summed E-state index contributed by atoms with van der Waals surface area (Å²) in [7, 11) is 0. The standard InChI is InChI=1S/C9H9ClN4/c1-9(6-11-2-5-14-9)7-8(10)13-4-3-12-7/h2-6,14H,1H3/t9-/m1/s1. The predicted octanol–water partition coefficient (Wildman–Crippen LogP) is 1.49. The molecule has 2 rings (SSSR count). The first-order valence-electron chi connectivity index (χ1n) is 4.16. The SMILES string of the molecule is C[C@]1(c2nccnc2Cl)C=NC=CN1. The highest BCUT2D eigenvalue weighted by Gasteiger charge is 2.28. The molecule has 4 nitrogen and oxygen atoms in total. The fourth-order valence-electron chi connectivity index (χ4n) is 1.28. The van der Waals surface area contributed by atoms with Crippen molar-refractivity contribution in [2.45, 2.75) is 12.5 Å². The Morgan fingerprint density at radius 3 is 2.79 bits per heavy atom. The molecule has 1 aromatic heterocycles. The molecule has 1 atom stereocenters. The van der Waals surface area contributed by atoms with Crippen LogP contribution in [0, 0.1) is 0 Å². The van der Waals surface area contributed by atoms with E-state index in [-0.39, 0.29) is 0 Å². The van der Waals surface area contributed by atoms with Gasteiger partial charge < -0.3 is 5.32 Å². The second-order valence-corrected chi connectivity index (χ2v) is 3.49. The number of hydrogen-bond donors (Lipinski definition) is 1. The molecule has 0 bridgehead atoms. The highest BCUT2D eigenvalue weighted by atomic mass is 35.5. The van der Waals surface area contributed by atoms with Crippen molar-refractivity contribution in [3.05, 3.63) is 35.6 Å². The van der Waals surface area contributed by atoms with Crippen molar-refractivity contribution in [3.8, 4) is 0 Å². The lowest BCUT2D eigenvalue weighted by Gasteiger charge is -2.26. The van der Waals surface area contributed by atoms with Crippen LogP contribution in [0.1, 0.15) is 12.6 Å². The normalized spacial score (nSPS) is 24.7. The molecule has 72 valence electrons. The van der Waals surface area contributed by atoms with Gasteiger partial charge in [-0.3, -0.25) is 9.98 Å². The van der Waals surface area contributed by atoms with E-state index in [1.165, 1.54) is 0 Å². The lowest BCUT2D eigenvalue weighted by Crippen LogP contribution is -2.40. The summed E-state index contributed by atoms with van der Waals surface area (Å²) in [5, 5.41) is 3.53. The molecule has 1 aromatic rings. The van der Waals surface area contributed by atoms with Crippen LogP contribution in [0.3, 0.4) is 0 Å². The molecule has 0 saturated heterocycles. The minimum absolute atomic E-state index is 0.393. The minimum atomic E-state index is -0.472. The van der Waals surface area contributed by atoms with Gasteiger partial charge in [-0.05, 0) is 6.92 Å². The van der Waals surface area contributed by atoms with Gasteiger partial charge in [0, 0.05) is 31.0 Å². The first-order valence-corrected chi connectivity index (χ1v) is 4.54. The van der Waals surface area contributed by atoms with Crippen molar-refractivity contribution in [1.82, 2.24) is 15.3 Å². The number of rotatable bonds is 1. The van der Waals surface area contributed by atoms with E-state index in [1.807, 2.05) is 6.92 Å². The molecule has 0 aliphatic carbocycles. The molecule has 0 radical (unpaired) electrons. The van der Waals surface area contributed by atoms with E-state index in [0.29, 0.717) is 10.8 Å². The van der Waals surface area contributed by atoms with Gasteiger partial charge in [0.05, 0.1) is 0 Å². The first-order chi connectivity index (χ1) is 6.72. The maximum atomic E-state index is 5.95. The molecule has 0 spiro atoms. The van der Waals surface area contributed by atoms with Gasteiger partial charge in [0.15, 0.2) is 5.15 Å². The van der Waals surface area contributed by atoms with Gasteiger partial charge in [0.2, 0.25) is 0 Å². The number of nitrogens with zero attached hydrogens (tertiary/aromatic N) is 3. The molecule has 1 aliphatic rings. The van der Waals surface area contributed by atoms with Crippen LogP contribution in [0.5, 0.6) is 0 Å². The summed E-state index contributed by atoms with van der Waals surface area (Å²) in [6.45, 7) is 1.94. The summed E-state index contributed by atoms with van der Waals surface area (Å²) in [6.07, 6.45) is 8.35. The van der Waals surface area contributed by atoms with Gasteiger partial charge in [-0.25, -0.2) is 4.98 Å². The molecule has 1 N–H and O–H groups in total. The Kier molecular flexibility index (Phi) is 2.21. The van der Waals surface area contributed by atoms with E-state index in [1.54, 1.807) is 31.0 Å². The minimum Gasteiger partial charge on any atom is -0.374 e. The number of aliphatic imine (C=N–C) groups is 1. The fourth-order valence-corrected chi connectivity index (χ4v) is 1.58. The largest absolute Gasteiger partial charge is 0.374 e. The van der Waals surface area contributed by atoms with Crippen molar-refractivity contribution < 1.29 is 0 Å². The Balaban J connectivity index is 2.44. The van der Waals surface area contributed by atoms with Crippen LogP contribution in [-0.4, -0.2) is 16.2 Å². The average Bonchev–Trinajstić information content (AvgIpc) is 2.19. The van der Waals surface area contributed by atoms with Crippen LogP contribution in [-0.2, 0) is 5.54 Å². The molecule has 0 fully saturated rings. The van der Waals surface area contributed by atoms with Crippen LogP contribution in [0.15, 0.2) is 29.8 Å². The summed E-state index contributed by atoms with van der Waals surface area (Å²) in [5.74, 6) is 0. The van der Waals surface area contributed by atoms with E-state index in [9.17, 15) is 0 Å². The van der Waals surface area contributed by atoms with Crippen molar-refractivity contribution >= 4 is 17.8 Å². The summed E-state index contributed by atoms with van der Waals surface area (Å²) in [4.78, 5) is 12.2. The van der Waals surface area contributed by atoms with Crippen LogP contribution in [0.4, 0.5) is 0 Å². The van der Waals surface area contributed by atoms with Gasteiger partial charge in [-0.2, -0.15) is 0 Å². The topological polar surface area (TPSA) is 50.2 Å². The average molecular weight is 209 g/mol.